The lowest BCUT2D eigenvalue weighted by Crippen LogP contribution is -2.45. The van der Waals surface area contributed by atoms with Crippen LogP contribution in [0.4, 0.5) is 0 Å². The molecule has 0 saturated heterocycles. The van der Waals surface area contributed by atoms with E-state index in [0.29, 0.717) is 0 Å². The number of methoxy groups -OCH3 is 3. The van der Waals surface area contributed by atoms with Gasteiger partial charge in [-0.25, -0.2) is 4.79 Å². The molecule has 8 heteroatoms. The van der Waals surface area contributed by atoms with E-state index in [1.807, 2.05) is 0 Å². The van der Waals surface area contributed by atoms with E-state index in [9.17, 15) is 4.79 Å². The highest BCUT2D eigenvalue weighted by Crippen LogP contribution is 2.18. The molecule has 0 rings (SSSR count). The lowest BCUT2D eigenvalue weighted by Gasteiger charge is -2.30. The van der Waals surface area contributed by atoms with Crippen molar-refractivity contribution in [1.82, 2.24) is 0 Å². The fourth-order valence-corrected chi connectivity index (χ4v) is 1.13. The summed E-state index contributed by atoms with van der Waals surface area (Å²) < 4.78 is 35.8. The lowest BCUT2D eigenvalue weighted by atomic mass is 10.6. The quantitative estimate of drug-likeness (QED) is 0.196. The van der Waals surface area contributed by atoms with Crippen molar-refractivity contribution in [2.45, 2.75) is 6.16 Å². The van der Waals surface area contributed by atoms with Crippen molar-refractivity contribution in [2.24, 2.45) is 0 Å². The third-order valence-electron chi connectivity index (χ3n) is 2.09. The van der Waals surface area contributed by atoms with Gasteiger partial charge in [-0.2, -0.15) is 0 Å². The van der Waals surface area contributed by atoms with Crippen LogP contribution in [-0.2, 0) is 38.0 Å². The van der Waals surface area contributed by atoms with Gasteiger partial charge in [0.05, 0.1) is 39.6 Å². The number of hydrogen-bond acceptors (Lipinski definition) is 8. The molecule has 0 aromatic rings. The number of carbonyl (C=O) groups excluding carboxylic acids is 1. The van der Waals surface area contributed by atoms with Gasteiger partial charge in [-0.3, -0.25) is 14.2 Å². The molecular weight excluding hydrogens is 284 g/mol. The van der Waals surface area contributed by atoms with E-state index in [-0.39, 0.29) is 39.6 Å². The van der Waals surface area contributed by atoms with Gasteiger partial charge < -0.3 is 18.9 Å². The van der Waals surface area contributed by atoms with Crippen molar-refractivity contribution in [3.63, 3.8) is 0 Å². The molecule has 0 amide bonds. The van der Waals surface area contributed by atoms with Crippen molar-refractivity contribution in [3.8, 4) is 0 Å². The largest absolute Gasteiger partial charge is 0.463 e. The first kappa shape index (κ1) is 20.0. The second-order valence-corrected chi connectivity index (χ2v) is 3.65. The Labute approximate surface area is 124 Å². The predicted molar refractivity (Wildman–Crippen MR) is 72.5 cm³/mol. The average molecular weight is 308 g/mol. The number of carbonyl (C=O) groups is 1. The van der Waals surface area contributed by atoms with Crippen molar-refractivity contribution in [1.29, 1.82) is 0 Å². The van der Waals surface area contributed by atoms with Crippen LogP contribution < -0.4 is 0 Å². The third kappa shape index (κ3) is 9.51. The van der Waals surface area contributed by atoms with E-state index in [1.165, 1.54) is 21.3 Å². The Morgan fingerprint density at radius 3 is 1.52 bits per heavy atom. The summed E-state index contributed by atoms with van der Waals surface area (Å²) in [6, 6.07) is 0. The maximum Gasteiger partial charge on any atom is 0.463 e. The van der Waals surface area contributed by atoms with E-state index in [4.69, 9.17) is 33.2 Å². The smallest absolute Gasteiger partial charge is 0.382 e. The molecule has 8 nitrogen and oxygen atoms in total. The van der Waals surface area contributed by atoms with Crippen LogP contribution in [0.3, 0.4) is 0 Å². The van der Waals surface area contributed by atoms with Crippen molar-refractivity contribution < 1.29 is 38.0 Å². The highest BCUT2D eigenvalue weighted by molar-refractivity contribution is 5.81. The summed E-state index contributed by atoms with van der Waals surface area (Å²) in [6.45, 7) is 4.43. The molecule has 0 spiro atoms. The molecule has 124 valence electrons. The molecule has 0 aliphatic heterocycles. The third-order valence-corrected chi connectivity index (χ3v) is 2.09. The molecule has 0 unspecified atom stereocenters. The Kier molecular flexibility index (Phi) is 12.1. The average Bonchev–Trinajstić information content (AvgIpc) is 2.48. The minimum absolute atomic E-state index is 0.0981. The zero-order valence-corrected chi connectivity index (χ0v) is 12.8. The summed E-state index contributed by atoms with van der Waals surface area (Å²) in [5, 5.41) is 0. The van der Waals surface area contributed by atoms with E-state index < -0.39 is 12.1 Å². The van der Waals surface area contributed by atoms with Gasteiger partial charge in [-0.1, -0.05) is 6.58 Å². The van der Waals surface area contributed by atoms with E-state index in [0.717, 1.165) is 6.08 Å². The van der Waals surface area contributed by atoms with Gasteiger partial charge in [0.1, 0.15) is 0 Å². The second-order valence-electron chi connectivity index (χ2n) is 3.65. The Morgan fingerprint density at radius 1 is 0.857 bits per heavy atom. The van der Waals surface area contributed by atoms with Crippen LogP contribution in [0, 0.1) is 0 Å². The fourth-order valence-electron chi connectivity index (χ4n) is 1.13. The van der Waals surface area contributed by atoms with Crippen LogP contribution >= 0.6 is 0 Å². The zero-order valence-electron chi connectivity index (χ0n) is 12.8. The molecule has 0 heterocycles. The standard InChI is InChI=1S/C13H24O8/c1-5-12(14)21-13(18-9-6-15-2,19-10-7-16-3)20-11-8-17-4/h5H,1,6-11H2,2-4H3. The number of esters is 1. The van der Waals surface area contributed by atoms with Gasteiger partial charge in [0, 0.05) is 27.4 Å². The summed E-state index contributed by atoms with van der Waals surface area (Å²) in [5.41, 5.74) is 0. The Hall–Kier alpha value is -1.03. The maximum absolute atomic E-state index is 11.5. The van der Waals surface area contributed by atoms with E-state index in [2.05, 4.69) is 6.58 Å². The molecule has 0 saturated carbocycles. The molecule has 0 aromatic carbocycles. The van der Waals surface area contributed by atoms with Crippen LogP contribution in [0.15, 0.2) is 12.7 Å². The molecule has 21 heavy (non-hydrogen) atoms. The zero-order chi connectivity index (χ0) is 16.0. The highest BCUT2D eigenvalue weighted by Gasteiger charge is 2.39. The van der Waals surface area contributed by atoms with Gasteiger partial charge in [-0.05, 0) is 0 Å². The van der Waals surface area contributed by atoms with Crippen LogP contribution in [0.25, 0.3) is 0 Å². The van der Waals surface area contributed by atoms with E-state index in [1.54, 1.807) is 0 Å². The molecule has 0 fully saturated rings. The van der Waals surface area contributed by atoms with Crippen molar-refractivity contribution in [3.05, 3.63) is 12.7 Å². The first-order valence-corrected chi connectivity index (χ1v) is 6.38. The molecule has 0 atom stereocenters. The van der Waals surface area contributed by atoms with Crippen LogP contribution in [-0.4, -0.2) is 73.1 Å². The fraction of sp³-hybridized carbons (Fsp3) is 0.769. The molecule has 0 aliphatic rings. The van der Waals surface area contributed by atoms with Crippen LogP contribution in [0.2, 0.25) is 0 Å². The maximum atomic E-state index is 11.5. The Balaban J connectivity index is 4.76. The van der Waals surface area contributed by atoms with Gasteiger partial charge in [0.2, 0.25) is 0 Å². The van der Waals surface area contributed by atoms with E-state index >= 15 is 0 Å². The summed E-state index contributed by atoms with van der Waals surface area (Å²) in [7, 11) is 4.54. The number of hydrogen-bond donors (Lipinski definition) is 0. The topological polar surface area (TPSA) is 81.7 Å². The van der Waals surface area contributed by atoms with Crippen molar-refractivity contribution >= 4 is 5.97 Å². The summed E-state index contributed by atoms with van der Waals surface area (Å²) in [6.07, 6.45) is -1.01. The molecule has 0 aromatic heterocycles. The predicted octanol–water partition coefficient (Wildman–Crippen LogP) is 0.316. The molecule has 0 aliphatic carbocycles. The molecular formula is C13H24O8. The van der Waals surface area contributed by atoms with Gasteiger partial charge in [0.25, 0.3) is 0 Å². The lowest BCUT2D eigenvalue weighted by molar-refractivity contribution is -0.483. The van der Waals surface area contributed by atoms with Gasteiger partial charge >= 0.3 is 12.1 Å². The molecule has 0 bridgehead atoms. The van der Waals surface area contributed by atoms with Gasteiger partial charge in [0.15, 0.2) is 0 Å². The normalized spacial score (nSPS) is 11.4. The first-order valence-electron chi connectivity index (χ1n) is 6.38. The minimum atomic E-state index is -1.99. The molecule has 0 radical (unpaired) electrons. The van der Waals surface area contributed by atoms with Gasteiger partial charge in [-0.15, -0.1) is 0 Å². The monoisotopic (exact) mass is 308 g/mol. The summed E-state index contributed by atoms with van der Waals surface area (Å²) in [4.78, 5) is 11.5. The van der Waals surface area contributed by atoms with Crippen LogP contribution in [0.5, 0.6) is 0 Å². The highest BCUT2D eigenvalue weighted by atomic mass is 17.0. The summed E-state index contributed by atoms with van der Waals surface area (Å²) >= 11 is 0. The minimum Gasteiger partial charge on any atom is -0.382 e. The van der Waals surface area contributed by atoms with Crippen LogP contribution in [0.1, 0.15) is 0 Å². The number of rotatable bonds is 14. The first-order chi connectivity index (χ1) is 10.1. The Bertz CT molecular complexity index is 255. The SMILES string of the molecule is C=CC(=O)OC(OCCOC)(OCCOC)OCCOC. The summed E-state index contributed by atoms with van der Waals surface area (Å²) in [5.74, 6) is -0.748. The number of ether oxygens (including phenoxy) is 7. The second kappa shape index (κ2) is 12.7. The Morgan fingerprint density at radius 2 is 1.24 bits per heavy atom. The van der Waals surface area contributed by atoms with Crippen molar-refractivity contribution in [2.75, 3.05) is 61.0 Å². The molecule has 0 N–H and O–H groups in total.